The van der Waals surface area contributed by atoms with Crippen molar-refractivity contribution in [3.05, 3.63) is 11.6 Å². The molecule has 0 saturated heterocycles. The summed E-state index contributed by atoms with van der Waals surface area (Å²) in [5.41, 5.74) is 0.0217. The lowest BCUT2D eigenvalue weighted by atomic mass is 9.85. The largest absolute Gasteiger partial charge is 0.481 e. The zero-order valence-electron chi connectivity index (χ0n) is 8.80. The van der Waals surface area contributed by atoms with Crippen LogP contribution >= 0.6 is 0 Å². The molecule has 1 N–H and O–H groups in total. The molecular formula is C11H16F2O2. The predicted molar refractivity (Wildman–Crippen MR) is 52.9 cm³/mol. The van der Waals surface area contributed by atoms with Crippen molar-refractivity contribution in [1.82, 2.24) is 0 Å². The Labute approximate surface area is 88.0 Å². The van der Waals surface area contributed by atoms with Gasteiger partial charge < -0.3 is 5.11 Å². The Morgan fingerprint density at radius 2 is 2.27 bits per heavy atom. The minimum atomic E-state index is -2.96. The molecule has 0 bridgehead atoms. The van der Waals surface area contributed by atoms with Gasteiger partial charge in [-0.05, 0) is 31.8 Å². The Balaban J connectivity index is 2.85. The van der Waals surface area contributed by atoms with Gasteiger partial charge in [-0.3, -0.25) is 4.79 Å². The van der Waals surface area contributed by atoms with Crippen LogP contribution in [0, 0.1) is 5.92 Å². The topological polar surface area (TPSA) is 37.3 Å². The highest BCUT2D eigenvalue weighted by Crippen LogP contribution is 2.39. The fourth-order valence-electron chi connectivity index (χ4n) is 1.93. The molecule has 4 heteroatoms. The van der Waals surface area contributed by atoms with Crippen LogP contribution in [-0.4, -0.2) is 17.0 Å². The Hall–Kier alpha value is -0.930. The van der Waals surface area contributed by atoms with Crippen LogP contribution in [0.15, 0.2) is 11.6 Å². The van der Waals surface area contributed by atoms with Gasteiger partial charge in [0.05, 0.1) is 6.42 Å². The summed E-state index contributed by atoms with van der Waals surface area (Å²) in [6.07, 6.45) is 3.60. The van der Waals surface area contributed by atoms with Gasteiger partial charge in [0.15, 0.2) is 0 Å². The smallest absolute Gasteiger partial charge is 0.303 e. The summed E-state index contributed by atoms with van der Waals surface area (Å²) in [5.74, 6) is -5.15. The van der Waals surface area contributed by atoms with Gasteiger partial charge in [0.2, 0.25) is 0 Å². The summed E-state index contributed by atoms with van der Waals surface area (Å²) in [7, 11) is 0. The number of rotatable bonds is 2. The quantitative estimate of drug-likeness (QED) is 0.722. The lowest BCUT2D eigenvalue weighted by molar-refractivity contribution is -0.141. The van der Waals surface area contributed by atoms with Crippen molar-refractivity contribution < 1.29 is 18.7 Å². The van der Waals surface area contributed by atoms with E-state index in [0.29, 0.717) is 19.3 Å². The standard InChI is InChI=1S/C11H16F2O2/c1-8-5-3-2-4-6-9(7-10(14)15)11(8,12)13/h5,9H,2-4,6-7H2,1H3,(H,14,15). The molecule has 1 aliphatic rings. The van der Waals surface area contributed by atoms with Gasteiger partial charge in [-0.1, -0.05) is 12.5 Å². The second-order valence-electron chi connectivity index (χ2n) is 4.09. The fourth-order valence-corrected chi connectivity index (χ4v) is 1.93. The van der Waals surface area contributed by atoms with Gasteiger partial charge >= 0.3 is 5.97 Å². The van der Waals surface area contributed by atoms with Crippen LogP contribution in [0.4, 0.5) is 8.78 Å². The highest BCUT2D eigenvalue weighted by atomic mass is 19.3. The van der Waals surface area contributed by atoms with E-state index in [1.165, 1.54) is 13.0 Å². The average molecular weight is 218 g/mol. The van der Waals surface area contributed by atoms with Crippen LogP contribution < -0.4 is 0 Å². The van der Waals surface area contributed by atoms with Crippen LogP contribution in [0.25, 0.3) is 0 Å². The number of carboxylic acids is 1. The number of hydrogen-bond acceptors (Lipinski definition) is 1. The van der Waals surface area contributed by atoms with E-state index in [1.54, 1.807) is 0 Å². The molecule has 0 aromatic carbocycles. The number of halogens is 2. The molecule has 0 spiro atoms. The summed E-state index contributed by atoms with van der Waals surface area (Å²) in [6.45, 7) is 1.39. The van der Waals surface area contributed by atoms with Crippen LogP contribution in [0.1, 0.15) is 39.0 Å². The maximum absolute atomic E-state index is 13.7. The second-order valence-corrected chi connectivity index (χ2v) is 4.09. The number of carboxylic acid groups (broad SMARTS) is 1. The SMILES string of the molecule is CC1=CCCCCC(CC(=O)O)C1(F)F. The van der Waals surface area contributed by atoms with E-state index in [1.807, 2.05) is 0 Å². The summed E-state index contributed by atoms with van der Waals surface area (Å²) in [5, 5.41) is 8.59. The first-order valence-electron chi connectivity index (χ1n) is 5.21. The van der Waals surface area contributed by atoms with Gasteiger partial charge in [0.25, 0.3) is 5.92 Å². The minimum Gasteiger partial charge on any atom is -0.481 e. The van der Waals surface area contributed by atoms with E-state index in [9.17, 15) is 13.6 Å². The summed E-state index contributed by atoms with van der Waals surface area (Å²) in [6, 6.07) is 0. The maximum Gasteiger partial charge on any atom is 0.303 e. The molecule has 0 radical (unpaired) electrons. The molecule has 1 atom stereocenters. The minimum absolute atomic E-state index is 0.0217. The van der Waals surface area contributed by atoms with Crippen molar-refractivity contribution in [2.24, 2.45) is 5.92 Å². The van der Waals surface area contributed by atoms with E-state index < -0.39 is 24.2 Å². The van der Waals surface area contributed by atoms with Crippen molar-refractivity contribution >= 4 is 5.97 Å². The normalized spacial score (nSPS) is 26.3. The molecule has 15 heavy (non-hydrogen) atoms. The number of alkyl halides is 2. The Bertz CT molecular complexity index is 272. The van der Waals surface area contributed by atoms with Crippen molar-refractivity contribution in [1.29, 1.82) is 0 Å². The summed E-state index contributed by atoms with van der Waals surface area (Å²) >= 11 is 0. The molecule has 2 nitrogen and oxygen atoms in total. The molecule has 0 aliphatic heterocycles. The molecule has 0 aromatic rings. The number of carbonyl (C=O) groups is 1. The number of aliphatic carboxylic acids is 1. The van der Waals surface area contributed by atoms with Gasteiger partial charge in [0.1, 0.15) is 0 Å². The first-order chi connectivity index (χ1) is 6.94. The molecule has 0 fully saturated rings. The zero-order chi connectivity index (χ0) is 11.5. The lowest BCUT2D eigenvalue weighted by Crippen LogP contribution is -2.32. The van der Waals surface area contributed by atoms with Crippen LogP contribution in [0.5, 0.6) is 0 Å². The van der Waals surface area contributed by atoms with Gasteiger partial charge in [-0.15, -0.1) is 0 Å². The van der Waals surface area contributed by atoms with Crippen molar-refractivity contribution in [3.8, 4) is 0 Å². The first-order valence-corrected chi connectivity index (χ1v) is 5.21. The van der Waals surface area contributed by atoms with Gasteiger partial charge in [-0.2, -0.15) is 0 Å². The summed E-state index contributed by atoms with van der Waals surface area (Å²) < 4.78 is 27.5. The molecule has 86 valence electrons. The molecule has 0 amide bonds. The zero-order valence-corrected chi connectivity index (χ0v) is 8.80. The second kappa shape index (κ2) is 4.73. The highest BCUT2D eigenvalue weighted by molar-refractivity contribution is 5.67. The van der Waals surface area contributed by atoms with Gasteiger partial charge in [-0.25, -0.2) is 8.78 Å². The predicted octanol–water partition coefficient (Wildman–Crippen LogP) is 3.23. The first kappa shape index (κ1) is 12.1. The molecule has 1 unspecified atom stereocenters. The molecule has 0 aromatic heterocycles. The third kappa shape index (κ3) is 3.01. The number of allylic oxidation sites excluding steroid dienone is 2. The molecule has 1 aliphatic carbocycles. The Morgan fingerprint density at radius 1 is 1.60 bits per heavy atom. The van der Waals surface area contributed by atoms with Gasteiger partial charge in [0, 0.05) is 5.92 Å². The maximum atomic E-state index is 13.7. The lowest BCUT2D eigenvalue weighted by Gasteiger charge is -2.28. The Kier molecular flexibility index (Phi) is 3.83. The number of hydrogen-bond donors (Lipinski definition) is 1. The third-order valence-electron chi connectivity index (χ3n) is 2.92. The van der Waals surface area contributed by atoms with Crippen molar-refractivity contribution in [3.63, 3.8) is 0 Å². The van der Waals surface area contributed by atoms with E-state index in [4.69, 9.17) is 5.11 Å². The van der Waals surface area contributed by atoms with E-state index in [0.717, 1.165) is 6.42 Å². The Morgan fingerprint density at radius 3 is 2.87 bits per heavy atom. The van der Waals surface area contributed by atoms with Crippen molar-refractivity contribution in [2.75, 3.05) is 0 Å². The van der Waals surface area contributed by atoms with E-state index >= 15 is 0 Å². The van der Waals surface area contributed by atoms with Crippen LogP contribution in [-0.2, 0) is 4.79 Å². The molecular weight excluding hydrogens is 202 g/mol. The summed E-state index contributed by atoms with van der Waals surface area (Å²) in [4.78, 5) is 10.5. The van der Waals surface area contributed by atoms with E-state index in [2.05, 4.69) is 0 Å². The third-order valence-corrected chi connectivity index (χ3v) is 2.92. The molecule has 0 saturated carbocycles. The molecule has 1 rings (SSSR count). The highest BCUT2D eigenvalue weighted by Gasteiger charge is 2.42. The van der Waals surface area contributed by atoms with Crippen LogP contribution in [0.2, 0.25) is 0 Å². The van der Waals surface area contributed by atoms with Crippen molar-refractivity contribution in [2.45, 2.75) is 45.0 Å². The monoisotopic (exact) mass is 218 g/mol. The van der Waals surface area contributed by atoms with Crippen LogP contribution in [0.3, 0.4) is 0 Å². The van der Waals surface area contributed by atoms with E-state index in [-0.39, 0.29) is 5.57 Å². The average Bonchev–Trinajstić information content (AvgIpc) is 2.13. The molecule has 0 heterocycles. The fraction of sp³-hybridized carbons (Fsp3) is 0.727.